The van der Waals surface area contributed by atoms with Crippen LogP contribution in [0.1, 0.15) is 26.7 Å². The summed E-state index contributed by atoms with van der Waals surface area (Å²) in [6, 6.07) is 0. The minimum atomic E-state index is 0.0245. The molecule has 1 aliphatic rings. The zero-order valence-electron chi connectivity index (χ0n) is 12.3. The van der Waals surface area contributed by atoms with E-state index in [4.69, 9.17) is 14.2 Å². The maximum Gasteiger partial charge on any atom is 0.0744 e. The van der Waals surface area contributed by atoms with Gasteiger partial charge in [-0.05, 0) is 13.3 Å². The minimum absolute atomic E-state index is 0.0245. The first-order valence-electron chi connectivity index (χ1n) is 7.22. The molecule has 19 heavy (non-hydrogen) atoms. The smallest absolute Gasteiger partial charge is 0.0744 e. The molecule has 1 unspecified atom stereocenters. The number of hydrogen-bond acceptors (Lipinski definition) is 5. The Morgan fingerprint density at radius 1 is 0.895 bits per heavy atom. The fourth-order valence-corrected chi connectivity index (χ4v) is 3.69. The van der Waals surface area contributed by atoms with Gasteiger partial charge in [-0.2, -0.15) is 23.5 Å². The van der Waals surface area contributed by atoms with Gasteiger partial charge in [-0.15, -0.1) is 0 Å². The van der Waals surface area contributed by atoms with E-state index in [0.29, 0.717) is 6.61 Å². The van der Waals surface area contributed by atoms with Crippen LogP contribution >= 0.6 is 23.5 Å². The van der Waals surface area contributed by atoms with Crippen LogP contribution in [0.15, 0.2) is 0 Å². The molecule has 114 valence electrons. The Morgan fingerprint density at radius 2 is 1.53 bits per heavy atom. The van der Waals surface area contributed by atoms with Gasteiger partial charge in [0.25, 0.3) is 0 Å². The minimum Gasteiger partial charge on any atom is -0.378 e. The van der Waals surface area contributed by atoms with Crippen molar-refractivity contribution in [3.63, 3.8) is 0 Å². The molecule has 3 nitrogen and oxygen atoms in total. The fourth-order valence-electron chi connectivity index (χ4n) is 2.01. The normalized spacial score (nSPS) is 29.4. The first-order valence-corrected chi connectivity index (χ1v) is 9.53. The van der Waals surface area contributed by atoms with E-state index in [1.54, 1.807) is 0 Å². The Labute approximate surface area is 126 Å². The molecule has 0 aromatic rings. The van der Waals surface area contributed by atoms with Gasteiger partial charge in [0.1, 0.15) is 0 Å². The third-order valence-electron chi connectivity index (χ3n) is 2.98. The van der Waals surface area contributed by atoms with Crippen LogP contribution < -0.4 is 0 Å². The van der Waals surface area contributed by atoms with Crippen molar-refractivity contribution in [2.45, 2.75) is 32.3 Å². The molecule has 0 aliphatic carbocycles. The third kappa shape index (κ3) is 9.19. The molecule has 1 aliphatic heterocycles. The van der Waals surface area contributed by atoms with Crippen LogP contribution in [0, 0.1) is 0 Å². The van der Waals surface area contributed by atoms with Gasteiger partial charge in [0.05, 0.1) is 38.6 Å². The molecule has 0 bridgehead atoms. The van der Waals surface area contributed by atoms with Gasteiger partial charge in [-0.3, -0.25) is 0 Å². The van der Waals surface area contributed by atoms with Gasteiger partial charge >= 0.3 is 0 Å². The highest BCUT2D eigenvalue weighted by Gasteiger charge is 2.23. The summed E-state index contributed by atoms with van der Waals surface area (Å²) in [7, 11) is 0. The molecule has 1 rings (SSSR count). The summed E-state index contributed by atoms with van der Waals surface area (Å²) in [5, 5.41) is 0. The second kappa shape index (κ2) is 11.3. The molecule has 0 spiro atoms. The van der Waals surface area contributed by atoms with Crippen LogP contribution in [-0.2, 0) is 14.2 Å². The maximum atomic E-state index is 6.12. The van der Waals surface area contributed by atoms with Crippen molar-refractivity contribution >= 4 is 23.5 Å². The van der Waals surface area contributed by atoms with Gasteiger partial charge in [0.2, 0.25) is 0 Å². The van der Waals surface area contributed by atoms with Crippen molar-refractivity contribution in [2.75, 3.05) is 56.0 Å². The first kappa shape index (κ1) is 17.6. The van der Waals surface area contributed by atoms with Gasteiger partial charge in [-0.25, -0.2) is 0 Å². The van der Waals surface area contributed by atoms with Crippen LogP contribution in [0.5, 0.6) is 0 Å². The second-order valence-corrected chi connectivity index (χ2v) is 7.27. The molecule has 0 aromatic carbocycles. The Kier molecular flexibility index (Phi) is 10.5. The highest BCUT2D eigenvalue weighted by molar-refractivity contribution is 7.99. The molecule has 1 fully saturated rings. The van der Waals surface area contributed by atoms with Crippen molar-refractivity contribution < 1.29 is 14.2 Å². The lowest BCUT2D eigenvalue weighted by molar-refractivity contribution is -0.0111. The predicted octanol–water partition coefficient (Wildman–Crippen LogP) is 3.08. The van der Waals surface area contributed by atoms with Crippen LogP contribution in [-0.4, -0.2) is 61.6 Å². The molecule has 5 heteroatoms. The van der Waals surface area contributed by atoms with E-state index < -0.39 is 0 Å². The molecule has 0 N–H and O–H groups in total. The molecule has 1 saturated heterocycles. The quantitative estimate of drug-likeness (QED) is 0.781. The molecule has 0 saturated carbocycles. The van der Waals surface area contributed by atoms with Gasteiger partial charge < -0.3 is 14.2 Å². The topological polar surface area (TPSA) is 27.7 Å². The number of ether oxygens (including phenoxy) is 3. The SMILES string of the molecule is CCCC1(C)CSCCOCCOCCSCCO1. The average Bonchev–Trinajstić information content (AvgIpc) is 2.39. The van der Waals surface area contributed by atoms with Crippen molar-refractivity contribution in [1.29, 1.82) is 0 Å². The molecular weight excluding hydrogens is 280 g/mol. The van der Waals surface area contributed by atoms with Crippen LogP contribution in [0.4, 0.5) is 0 Å². The lowest BCUT2D eigenvalue weighted by Gasteiger charge is -2.29. The molecule has 1 heterocycles. The number of hydrogen-bond donors (Lipinski definition) is 0. The summed E-state index contributed by atoms with van der Waals surface area (Å²) in [6.07, 6.45) is 2.31. The van der Waals surface area contributed by atoms with Crippen molar-refractivity contribution in [3.8, 4) is 0 Å². The van der Waals surface area contributed by atoms with E-state index in [1.165, 1.54) is 6.42 Å². The molecule has 0 radical (unpaired) electrons. The average molecular weight is 309 g/mol. The number of rotatable bonds is 2. The van der Waals surface area contributed by atoms with E-state index >= 15 is 0 Å². The summed E-state index contributed by atoms with van der Waals surface area (Å²) in [4.78, 5) is 0. The van der Waals surface area contributed by atoms with Crippen LogP contribution in [0.3, 0.4) is 0 Å². The third-order valence-corrected chi connectivity index (χ3v) is 5.16. The monoisotopic (exact) mass is 308 g/mol. The summed E-state index contributed by atoms with van der Waals surface area (Å²) in [6.45, 7) is 8.38. The lowest BCUT2D eigenvalue weighted by Crippen LogP contribution is -2.33. The number of thioether (sulfide) groups is 2. The van der Waals surface area contributed by atoms with E-state index in [2.05, 4.69) is 13.8 Å². The lowest BCUT2D eigenvalue weighted by atomic mass is 10.0. The molecule has 0 aromatic heterocycles. The Bertz CT molecular complexity index is 199. The summed E-state index contributed by atoms with van der Waals surface area (Å²) in [5.74, 6) is 4.20. The van der Waals surface area contributed by atoms with Gasteiger partial charge in [0.15, 0.2) is 0 Å². The summed E-state index contributed by atoms with van der Waals surface area (Å²) >= 11 is 3.84. The second-order valence-electron chi connectivity index (χ2n) is 4.94. The summed E-state index contributed by atoms with van der Waals surface area (Å²) in [5.41, 5.74) is 0.0245. The highest BCUT2D eigenvalue weighted by atomic mass is 32.2. The van der Waals surface area contributed by atoms with Crippen LogP contribution in [0.25, 0.3) is 0 Å². The molecular formula is C14H28O3S2. The summed E-state index contributed by atoms with van der Waals surface area (Å²) < 4.78 is 17.2. The van der Waals surface area contributed by atoms with E-state index in [1.807, 2.05) is 23.5 Å². The Balaban J connectivity index is 2.33. The van der Waals surface area contributed by atoms with Gasteiger partial charge in [-0.1, -0.05) is 13.3 Å². The fraction of sp³-hybridized carbons (Fsp3) is 1.00. The van der Waals surface area contributed by atoms with E-state index in [9.17, 15) is 0 Å². The largest absolute Gasteiger partial charge is 0.378 e. The Hall–Kier alpha value is 0.580. The van der Waals surface area contributed by atoms with Crippen molar-refractivity contribution in [1.82, 2.24) is 0 Å². The Morgan fingerprint density at radius 3 is 2.21 bits per heavy atom. The van der Waals surface area contributed by atoms with Gasteiger partial charge in [0, 0.05) is 23.0 Å². The first-order chi connectivity index (χ1) is 9.27. The maximum absolute atomic E-state index is 6.12. The zero-order chi connectivity index (χ0) is 13.8. The van der Waals surface area contributed by atoms with Crippen molar-refractivity contribution in [2.24, 2.45) is 0 Å². The molecule has 0 amide bonds. The van der Waals surface area contributed by atoms with Crippen molar-refractivity contribution in [3.05, 3.63) is 0 Å². The standard InChI is InChI=1S/C14H28O3S2/c1-3-4-14(2)13-19-11-8-16-6-5-15-7-10-18-12-9-17-14/h3-13H2,1-2H3. The molecule has 1 atom stereocenters. The van der Waals surface area contributed by atoms with E-state index in [0.717, 1.165) is 55.9 Å². The zero-order valence-corrected chi connectivity index (χ0v) is 14.0. The van der Waals surface area contributed by atoms with E-state index in [-0.39, 0.29) is 5.60 Å². The predicted molar refractivity (Wildman–Crippen MR) is 85.6 cm³/mol. The highest BCUT2D eigenvalue weighted by Crippen LogP contribution is 2.23. The van der Waals surface area contributed by atoms with Crippen LogP contribution in [0.2, 0.25) is 0 Å².